The molecule has 5 nitrogen and oxygen atoms in total. The number of carbonyl (C=O) groups excluding carboxylic acids is 2. The number of rotatable bonds is 5. The predicted molar refractivity (Wildman–Crippen MR) is 121 cm³/mol. The van der Waals surface area contributed by atoms with Crippen molar-refractivity contribution in [2.24, 2.45) is 5.41 Å². The van der Waals surface area contributed by atoms with Crippen molar-refractivity contribution < 1.29 is 14.0 Å². The van der Waals surface area contributed by atoms with E-state index in [4.69, 9.17) is 0 Å². The Hall–Kier alpha value is -3.54. The van der Waals surface area contributed by atoms with Gasteiger partial charge in [-0.05, 0) is 48.6 Å². The van der Waals surface area contributed by atoms with Gasteiger partial charge in [0.25, 0.3) is 5.91 Å². The number of piperidine rings is 1. The van der Waals surface area contributed by atoms with E-state index in [1.165, 1.54) is 6.07 Å². The Morgan fingerprint density at radius 1 is 1.03 bits per heavy atom. The van der Waals surface area contributed by atoms with Crippen molar-refractivity contribution in [1.29, 1.82) is 0 Å². The van der Waals surface area contributed by atoms with Gasteiger partial charge in [-0.3, -0.25) is 14.6 Å². The van der Waals surface area contributed by atoms with Crippen molar-refractivity contribution in [3.8, 4) is 11.1 Å². The third kappa shape index (κ3) is 4.40. The number of benzene rings is 2. The van der Waals surface area contributed by atoms with E-state index >= 15 is 0 Å². The van der Waals surface area contributed by atoms with Crippen LogP contribution in [0.2, 0.25) is 0 Å². The quantitative estimate of drug-likeness (QED) is 0.662. The zero-order valence-electron chi connectivity index (χ0n) is 18.1. The highest BCUT2D eigenvalue weighted by atomic mass is 19.1. The summed E-state index contributed by atoms with van der Waals surface area (Å²) < 4.78 is 14.1. The van der Waals surface area contributed by atoms with Crippen molar-refractivity contribution >= 4 is 11.8 Å². The number of likely N-dealkylation sites (tertiary alicyclic amines) is 1. The van der Waals surface area contributed by atoms with Crippen LogP contribution in [0, 0.1) is 11.2 Å². The van der Waals surface area contributed by atoms with E-state index in [1.807, 2.05) is 30.3 Å². The van der Waals surface area contributed by atoms with Gasteiger partial charge in [0.05, 0.1) is 11.0 Å². The van der Waals surface area contributed by atoms with Gasteiger partial charge in [-0.15, -0.1) is 0 Å². The van der Waals surface area contributed by atoms with Gasteiger partial charge in [0, 0.05) is 38.1 Å². The smallest absolute Gasteiger partial charge is 0.255 e. The molecule has 0 atom stereocenters. The second-order valence-electron chi connectivity index (χ2n) is 8.25. The number of aromatic nitrogens is 1. The Bertz CT molecular complexity index is 1090. The topological polar surface area (TPSA) is 62.3 Å². The molecule has 0 aliphatic carbocycles. The molecule has 3 aromatic rings. The summed E-state index contributed by atoms with van der Waals surface area (Å²) in [5, 5.41) is 2.81. The monoisotopic (exact) mass is 431 g/mol. The maximum Gasteiger partial charge on any atom is 0.255 e. The molecule has 1 aromatic heterocycles. The minimum Gasteiger partial charge on any atom is -0.359 e. The van der Waals surface area contributed by atoms with Crippen LogP contribution in [0.5, 0.6) is 0 Å². The zero-order valence-corrected chi connectivity index (χ0v) is 18.1. The van der Waals surface area contributed by atoms with Crippen LogP contribution < -0.4 is 5.32 Å². The van der Waals surface area contributed by atoms with Crippen LogP contribution in [-0.2, 0) is 11.2 Å². The number of halogens is 1. The maximum atomic E-state index is 14.1. The lowest BCUT2D eigenvalue weighted by atomic mass is 9.72. The van der Waals surface area contributed by atoms with Crippen molar-refractivity contribution in [1.82, 2.24) is 15.2 Å². The molecule has 6 heteroatoms. The van der Waals surface area contributed by atoms with E-state index in [0.717, 1.165) is 11.1 Å². The minimum atomic E-state index is -0.583. The minimum absolute atomic E-state index is 0.0100. The SMILES string of the molecule is CNC(=O)C1(Cc2ccc(-c3ccccc3F)cc2)CCN(C(=O)c2cccnc2)CC1. The highest BCUT2D eigenvalue weighted by Crippen LogP contribution is 2.36. The Kier molecular flexibility index (Phi) is 6.30. The first-order valence-corrected chi connectivity index (χ1v) is 10.8. The predicted octanol–water partition coefficient (Wildman–Crippen LogP) is 4.10. The summed E-state index contributed by atoms with van der Waals surface area (Å²) in [7, 11) is 1.65. The molecule has 0 bridgehead atoms. The molecular formula is C26H26FN3O2. The molecule has 0 saturated carbocycles. The largest absolute Gasteiger partial charge is 0.359 e. The second kappa shape index (κ2) is 9.30. The Morgan fingerprint density at radius 3 is 2.38 bits per heavy atom. The van der Waals surface area contributed by atoms with Gasteiger partial charge >= 0.3 is 0 Å². The maximum absolute atomic E-state index is 14.1. The van der Waals surface area contributed by atoms with E-state index in [1.54, 1.807) is 48.6 Å². The van der Waals surface area contributed by atoms with Gasteiger partial charge in [-0.1, -0.05) is 42.5 Å². The third-order valence-corrected chi connectivity index (χ3v) is 6.31. The average molecular weight is 432 g/mol. The van der Waals surface area contributed by atoms with Gasteiger partial charge in [0.2, 0.25) is 5.91 Å². The third-order valence-electron chi connectivity index (χ3n) is 6.31. The summed E-state index contributed by atoms with van der Waals surface area (Å²) in [5.74, 6) is -0.324. The number of pyridine rings is 1. The molecule has 0 spiro atoms. The van der Waals surface area contributed by atoms with E-state index < -0.39 is 5.41 Å². The molecule has 1 aliphatic rings. The fourth-order valence-corrected chi connectivity index (χ4v) is 4.45. The summed E-state index contributed by atoms with van der Waals surface area (Å²) in [6.45, 7) is 1.02. The number of amides is 2. The highest BCUT2D eigenvalue weighted by molar-refractivity contribution is 5.94. The number of nitrogens with zero attached hydrogens (tertiary/aromatic N) is 2. The van der Waals surface area contributed by atoms with Crippen LogP contribution in [0.25, 0.3) is 11.1 Å². The Balaban J connectivity index is 1.49. The number of nitrogens with one attached hydrogen (secondary N) is 1. The van der Waals surface area contributed by atoms with Gasteiger partial charge in [0.1, 0.15) is 5.82 Å². The summed E-state index contributed by atoms with van der Waals surface area (Å²) in [4.78, 5) is 31.5. The van der Waals surface area contributed by atoms with Crippen molar-refractivity contribution in [2.75, 3.05) is 20.1 Å². The zero-order chi connectivity index (χ0) is 22.6. The van der Waals surface area contributed by atoms with E-state index in [-0.39, 0.29) is 17.6 Å². The van der Waals surface area contributed by atoms with Crippen LogP contribution in [0.3, 0.4) is 0 Å². The first-order valence-electron chi connectivity index (χ1n) is 10.8. The molecule has 2 amide bonds. The van der Waals surface area contributed by atoms with Crippen LogP contribution in [0.1, 0.15) is 28.8 Å². The van der Waals surface area contributed by atoms with E-state index in [0.29, 0.717) is 43.5 Å². The van der Waals surface area contributed by atoms with Gasteiger partial charge in [-0.2, -0.15) is 0 Å². The first kappa shape index (κ1) is 21.7. The summed E-state index contributed by atoms with van der Waals surface area (Å²) in [6, 6.07) is 17.9. The molecule has 1 N–H and O–H groups in total. The second-order valence-corrected chi connectivity index (χ2v) is 8.25. The molecule has 1 saturated heterocycles. The Morgan fingerprint density at radius 2 is 1.75 bits per heavy atom. The molecule has 1 fully saturated rings. The van der Waals surface area contributed by atoms with Crippen molar-refractivity contribution in [2.45, 2.75) is 19.3 Å². The highest BCUT2D eigenvalue weighted by Gasteiger charge is 2.42. The molecular weight excluding hydrogens is 405 g/mol. The molecule has 32 heavy (non-hydrogen) atoms. The summed E-state index contributed by atoms with van der Waals surface area (Å²) in [6.07, 6.45) is 4.93. The van der Waals surface area contributed by atoms with Gasteiger partial charge in [0.15, 0.2) is 0 Å². The molecule has 1 aliphatic heterocycles. The standard InChI is InChI=1S/C26H26FN3O2/c1-28-25(32)26(12-15-30(16-13-26)24(31)21-5-4-14-29-18-21)17-19-8-10-20(11-9-19)22-6-2-3-7-23(22)27/h2-11,14,18H,12-13,15-17H2,1H3,(H,28,32). The molecule has 0 unspecified atom stereocenters. The first-order chi connectivity index (χ1) is 15.5. The van der Waals surface area contributed by atoms with Crippen LogP contribution in [0.4, 0.5) is 4.39 Å². The molecule has 164 valence electrons. The van der Waals surface area contributed by atoms with Crippen LogP contribution >= 0.6 is 0 Å². The van der Waals surface area contributed by atoms with Crippen LogP contribution in [0.15, 0.2) is 73.1 Å². The lowest BCUT2D eigenvalue weighted by Gasteiger charge is -2.40. The number of hydrogen-bond acceptors (Lipinski definition) is 3. The fourth-order valence-electron chi connectivity index (χ4n) is 4.45. The average Bonchev–Trinajstić information content (AvgIpc) is 2.85. The lowest BCUT2D eigenvalue weighted by Crippen LogP contribution is -2.50. The van der Waals surface area contributed by atoms with Crippen LogP contribution in [-0.4, -0.2) is 41.8 Å². The van der Waals surface area contributed by atoms with Crippen molar-refractivity contribution in [3.05, 3.63) is 90.0 Å². The summed E-state index contributed by atoms with van der Waals surface area (Å²) >= 11 is 0. The number of carbonyl (C=O) groups is 2. The Labute approximate surface area is 187 Å². The van der Waals surface area contributed by atoms with Crippen molar-refractivity contribution in [3.63, 3.8) is 0 Å². The lowest BCUT2D eigenvalue weighted by molar-refractivity contribution is -0.133. The normalized spacial score (nSPS) is 15.2. The van der Waals surface area contributed by atoms with E-state index in [2.05, 4.69) is 10.3 Å². The van der Waals surface area contributed by atoms with E-state index in [9.17, 15) is 14.0 Å². The molecule has 0 radical (unpaired) electrons. The fraction of sp³-hybridized carbons (Fsp3) is 0.269. The molecule has 2 heterocycles. The van der Waals surface area contributed by atoms with Gasteiger partial charge in [-0.25, -0.2) is 4.39 Å². The molecule has 4 rings (SSSR count). The van der Waals surface area contributed by atoms with Gasteiger partial charge < -0.3 is 10.2 Å². The number of hydrogen-bond donors (Lipinski definition) is 1. The summed E-state index contributed by atoms with van der Waals surface area (Å²) in [5.41, 5.74) is 2.35. The molecule has 2 aromatic carbocycles.